The molecule has 280 valence electrons. The van der Waals surface area contributed by atoms with Crippen molar-refractivity contribution in [3.05, 3.63) is 205 Å². The van der Waals surface area contributed by atoms with E-state index in [0.717, 1.165) is 5.02 Å². The Morgan fingerprint density at radius 2 is 0.459 bits per heavy atom. The van der Waals surface area contributed by atoms with Crippen LogP contribution in [-0.2, 0) is 0 Å². The maximum atomic E-state index is 5.54. The van der Waals surface area contributed by atoms with Gasteiger partial charge in [0.25, 0.3) is 0 Å². The predicted molar refractivity (Wildman–Crippen MR) is 267 cm³/mol. The minimum absolute atomic E-state index is 0.794. The second-order valence-electron chi connectivity index (χ2n) is 16.8. The molecule has 16 rings (SSSR count). The molecule has 16 aromatic rings. The molecule has 0 heterocycles. The average Bonchev–Trinajstić information content (AvgIpc) is 3.33. The van der Waals surface area contributed by atoms with Gasteiger partial charge in [-0.1, -0.05) is 194 Å². The molecule has 0 aliphatic carbocycles. The normalized spacial score (nSPS) is 12.3. The average molecular weight is 789 g/mol. The van der Waals surface area contributed by atoms with Crippen LogP contribution in [0.4, 0.5) is 0 Å². The smallest absolute Gasteiger partial charge is 0.0405 e. The molecule has 0 nitrogen and oxygen atoms in total. The molecule has 0 spiro atoms. The minimum Gasteiger partial charge on any atom is -0.0843 e. The van der Waals surface area contributed by atoms with E-state index in [1.807, 2.05) is 30.3 Å². The highest BCUT2D eigenvalue weighted by Gasteiger charge is 2.22. The Hall–Kier alpha value is -7.51. The summed E-state index contributed by atoms with van der Waals surface area (Å²) in [5, 5.41) is 34.1. The van der Waals surface area contributed by atoms with E-state index in [2.05, 4.69) is 170 Å². The number of halogens is 1. The van der Waals surface area contributed by atoms with E-state index in [0.29, 0.717) is 0 Å². The maximum absolute atomic E-state index is 5.54. The topological polar surface area (TPSA) is 0 Å². The van der Waals surface area contributed by atoms with E-state index >= 15 is 0 Å². The molecular weight excluding hydrogens is 756 g/mol. The van der Waals surface area contributed by atoms with Gasteiger partial charge in [0.2, 0.25) is 0 Å². The van der Waals surface area contributed by atoms with Crippen LogP contribution in [0.15, 0.2) is 200 Å². The summed E-state index contributed by atoms with van der Waals surface area (Å²) in [7, 11) is 0. The molecule has 0 radical (unpaired) electrons. The van der Waals surface area contributed by atoms with E-state index in [1.165, 1.54) is 140 Å². The first-order valence-electron chi connectivity index (χ1n) is 21.1. The van der Waals surface area contributed by atoms with Crippen molar-refractivity contribution in [1.29, 1.82) is 0 Å². The van der Waals surface area contributed by atoms with Crippen molar-refractivity contribution in [2.45, 2.75) is 0 Å². The molecule has 0 aromatic heterocycles. The minimum atomic E-state index is 0.794. The zero-order valence-electron chi connectivity index (χ0n) is 32.9. The van der Waals surface area contributed by atoms with Crippen molar-refractivity contribution >= 4 is 141 Å². The molecule has 0 unspecified atom stereocenters. The van der Waals surface area contributed by atoms with Gasteiger partial charge in [-0.05, 0) is 159 Å². The lowest BCUT2D eigenvalue weighted by Crippen LogP contribution is -1.93. The van der Waals surface area contributed by atoms with Crippen LogP contribution < -0.4 is 0 Å². The molecule has 0 fully saturated rings. The van der Waals surface area contributed by atoms with E-state index in [9.17, 15) is 0 Å². The summed E-state index contributed by atoms with van der Waals surface area (Å²) in [6.07, 6.45) is 0. The van der Waals surface area contributed by atoms with Gasteiger partial charge in [0.05, 0.1) is 0 Å². The molecule has 0 saturated carbocycles. The quantitative estimate of drug-likeness (QED) is 0.115. The SMILES string of the molecule is Clc1ccccc1.c1cc2ccc3ccc4ccc5ccc6ccc1c1c2c3c4c5c61.c1ccc(-c2cc3ccc4ccc5ccc6ccc7ccc2c2c7c6c5c4c32)cc1. The lowest BCUT2D eigenvalue weighted by molar-refractivity contribution is 1.67. The first-order valence-corrected chi connectivity index (χ1v) is 21.5. The first-order chi connectivity index (χ1) is 30.2. The van der Waals surface area contributed by atoms with Gasteiger partial charge in [-0.3, -0.25) is 0 Å². The van der Waals surface area contributed by atoms with E-state index in [1.54, 1.807) is 0 Å². The van der Waals surface area contributed by atoms with Crippen molar-refractivity contribution < 1.29 is 0 Å². The van der Waals surface area contributed by atoms with Gasteiger partial charge in [0.1, 0.15) is 0 Å². The molecule has 0 bridgehead atoms. The molecule has 0 saturated heterocycles. The largest absolute Gasteiger partial charge is 0.0843 e. The lowest BCUT2D eigenvalue weighted by atomic mass is 9.81. The number of rotatable bonds is 1. The van der Waals surface area contributed by atoms with Crippen molar-refractivity contribution in [3.63, 3.8) is 0 Å². The van der Waals surface area contributed by atoms with Crippen molar-refractivity contribution in [1.82, 2.24) is 0 Å². The van der Waals surface area contributed by atoms with Gasteiger partial charge in [0, 0.05) is 5.02 Å². The highest BCUT2D eigenvalue weighted by molar-refractivity contribution is 6.46. The second-order valence-corrected chi connectivity index (χ2v) is 17.2. The van der Waals surface area contributed by atoms with Crippen LogP contribution >= 0.6 is 11.6 Å². The van der Waals surface area contributed by atoms with Gasteiger partial charge in [-0.25, -0.2) is 0 Å². The Labute approximate surface area is 355 Å². The zero-order valence-corrected chi connectivity index (χ0v) is 33.7. The molecule has 1 heteroatoms. The summed E-state index contributed by atoms with van der Waals surface area (Å²) in [6.45, 7) is 0. The van der Waals surface area contributed by atoms with E-state index in [-0.39, 0.29) is 0 Å². The standard InChI is InChI=1S/C30H16.C24H12.C6H5Cl/c1-2-4-17(5-3-1)24-16-22-13-12-20-9-7-18-6-8-19-10-11-21-14-15-23(24)30-28(21)26(19)25(18)27(20)29(22)30;1-2-14-5-6-16-9-11-18-12-10-17-8-7-15-4-3-13(1)19-20(14)22(16)24(18)23(17)21(15)19;7-6-4-2-1-3-5-6/h1-16H;1-12H;1-5H. The van der Waals surface area contributed by atoms with Crippen molar-refractivity contribution in [2.24, 2.45) is 0 Å². The predicted octanol–water partition coefficient (Wildman–Crippen LogP) is 17.8. The van der Waals surface area contributed by atoms with Gasteiger partial charge in [0.15, 0.2) is 0 Å². The maximum Gasteiger partial charge on any atom is 0.0405 e. The van der Waals surface area contributed by atoms with Crippen molar-refractivity contribution in [3.8, 4) is 11.1 Å². The molecule has 0 aliphatic heterocycles. The molecule has 0 aliphatic rings. The summed E-state index contributed by atoms with van der Waals surface area (Å²) >= 11 is 5.54. The highest BCUT2D eigenvalue weighted by Crippen LogP contribution is 2.51. The molecule has 0 atom stereocenters. The number of hydrogen-bond acceptors (Lipinski definition) is 0. The van der Waals surface area contributed by atoms with Gasteiger partial charge in [-0.2, -0.15) is 0 Å². The van der Waals surface area contributed by atoms with Crippen molar-refractivity contribution in [2.75, 3.05) is 0 Å². The van der Waals surface area contributed by atoms with Crippen LogP contribution in [0.5, 0.6) is 0 Å². The Morgan fingerprint density at radius 1 is 0.213 bits per heavy atom. The third kappa shape index (κ3) is 4.55. The van der Waals surface area contributed by atoms with E-state index in [4.69, 9.17) is 11.6 Å². The Morgan fingerprint density at radius 3 is 0.754 bits per heavy atom. The molecule has 61 heavy (non-hydrogen) atoms. The fourth-order valence-electron chi connectivity index (χ4n) is 11.2. The molecular formula is C60H33Cl. The monoisotopic (exact) mass is 788 g/mol. The van der Waals surface area contributed by atoms with Crippen LogP contribution in [0.2, 0.25) is 5.02 Å². The van der Waals surface area contributed by atoms with Crippen LogP contribution in [-0.4, -0.2) is 0 Å². The van der Waals surface area contributed by atoms with Crippen LogP contribution in [0, 0.1) is 0 Å². The summed E-state index contributed by atoms with van der Waals surface area (Å²) < 4.78 is 0. The highest BCUT2D eigenvalue weighted by atomic mass is 35.5. The van der Waals surface area contributed by atoms with Gasteiger partial charge >= 0.3 is 0 Å². The van der Waals surface area contributed by atoms with Crippen LogP contribution in [0.25, 0.3) is 140 Å². The van der Waals surface area contributed by atoms with E-state index < -0.39 is 0 Å². The molecule has 0 N–H and O–H groups in total. The Bertz CT molecular complexity index is 3810. The molecule has 0 amide bonds. The Kier molecular flexibility index (Phi) is 6.71. The van der Waals surface area contributed by atoms with Gasteiger partial charge in [-0.15, -0.1) is 0 Å². The summed E-state index contributed by atoms with van der Waals surface area (Å²) in [5.41, 5.74) is 2.60. The Balaban J connectivity index is 0.000000105. The summed E-state index contributed by atoms with van der Waals surface area (Å²) in [5.74, 6) is 0. The summed E-state index contributed by atoms with van der Waals surface area (Å²) in [4.78, 5) is 0. The fraction of sp³-hybridized carbons (Fsp3) is 0. The van der Waals surface area contributed by atoms with Crippen LogP contribution in [0.3, 0.4) is 0 Å². The number of hydrogen-bond donors (Lipinski definition) is 0. The summed E-state index contributed by atoms with van der Waals surface area (Å²) in [6, 6.07) is 72.9. The zero-order chi connectivity index (χ0) is 39.9. The number of benzene rings is 16. The third-order valence-corrected chi connectivity index (χ3v) is 14.0. The third-order valence-electron chi connectivity index (χ3n) is 13.7. The fourth-order valence-corrected chi connectivity index (χ4v) is 11.3. The van der Waals surface area contributed by atoms with Crippen LogP contribution in [0.1, 0.15) is 0 Å². The second kappa shape index (κ2) is 12.3. The first kappa shape index (κ1) is 33.3. The van der Waals surface area contributed by atoms with Gasteiger partial charge < -0.3 is 0 Å². The molecule has 16 aromatic carbocycles. The lowest BCUT2D eigenvalue weighted by Gasteiger charge is -2.22.